The number of carbonyl (C=O) groups excluding carboxylic acids is 2. The molecule has 1 aliphatic heterocycles. The molecular formula is C15H17N5O2. The lowest BCUT2D eigenvalue weighted by Crippen LogP contribution is -2.28. The van der Waals surface area contributed by atoms with Gasteiger partial charge in [0.25, 0.3) is 5.91 Å². The van der Waals surface area contributed by atoms with Crippen LogP contribution in [0.1, 0.15) is 35.3 Å². The van der Waals surface area contributed by atoms with Crippen LogP contribution in [0.3, 0.4) is 0 Å². The number of rotatable bonds is 3. The van der Waals surface area contributed by atoms with Crippen LogP contribution in [-0.4, -0.2) is 45.0 Å². The van der Waals surface area contributed by atoms with Gasteiger partial charge >= 0.3 is 0 Å². The maximum Gasteiger partial charge on any atom is 0.254 e. The molecule has 0 saturated carbocycles. The van der Waals surface area contributed by atoms with Crippen molar-refractivity contribution in [2.45, 2.75) is 19.3 Å². The molecule has 0 bridgehead atoms. The van der Waals surface area contributed by atoms with Crippen molar-refractivity contribution in [3.05, 3.63) is 41.9 Å². The van der Waals surface area contributed by atoms with Gasteiger partial charge in [0.2, 0.25) is 5.91 Å². The average molecular weight is 299 g/mol. The van der Waals surface area contributed by atoms with E-state index in [1.807, 2.05) is 11.0 Å². The van der Waals surface area contributed by atoms with Gasteiger partial charge in [-0.1, -0.05) is 0 Å². The Balaban J connectivity index is 1.71. The van der Waals surface area contributed by atoms with Gasteiger partial charge in [0.05, 0.1) is 0 Å². The third kappa shape index (κ3) is 2.98. The first-order valence-corrected chi connectivity index (χ1v) is 7.15. The fraction of sp³-hybridized carbons (Fsp3) is 0.333. The van der Waals surface area contributed by atoms with Gasteiger partial charge in [0, 0.05) is 49.6 Å². The first-order chi connectivity index (χ1) is 10.6. The van der Waals surface area contributed by atoms with Crippen molar-refractivity contribution in [1.29, 1.82) is 0 Å². The Morgan fingerprint density at radius 2 is 2.23 bits per heavy atom. The van der Waals surface area contributed by atoms with Gasteiger partial charge in [-0.15, -0.1) is 0 Å². The van der Waals surface area contributed by atoms with Gasteiger partial charge in [-0.05, 0) is 24.6 Å². The van der Waals surface area contributed by atoms with Crippen molar-refractivity contribution in [3.8, 4) is 0 Å². The van der Waals surface area contributed by atoms with E-state index in [4.69, 9.17) is 0 Å². The standard InChI is InChI=1S/C15H17N5O2/c1-10(21)18-14-8-11(2-5-16-14)15(22)20-7-4-12(9-20)13-3-6-17-19-13/h2-3,5-6,8,12H,4,7,9H2,1H3,(H,17,19)(H,16,18,21)/t12-/m0/s1. The van der Waals surface area contributed by atoms with Crippen molar-refractivity contribution in [1.82, 2.24) is 20.1 Å². The average Bonchev–Trinajstić information content (AvgIpc) is 3.17. The first-order valence-electron chi connectivity index (χ1n) is 7.15. The highest BCUT2D eigenvalue weighted by Crippen LogP contribution is 2.26. The van der Waals surface area contributed by atoms with Gasteiger partial charge < -0.3 is 10.2 Å². The van der Waals surface area contributed by atoms with Crippen LogP contribution in [0.2, 0.25) is 0 Å². The molecule has 1 atom stereocenters. The molecule has 3 rings (SSSR count). The molecule has 2 N–H and O–H groups in total. The van der Waals surface area contributed by atoms with Crippen LogP contribution in [-0.2, 0) is 4.79 Å². The molecule has 1 fully saturated rings. The third-order valence-electron chi connectivity index (χ3n) is 3.75. The van der Waals surface area contributed by atoms with E-state index >= 15 is 0 Å². The van der Waals surface area contributed by atoms with Crippen LogP contribution in [0.25, 0.3) is 0 Å². The fourth-order valence-electron chi connectivity index (χ4n) is 2.69. The molecule has 1 aliphatic rings. The molecule has 2 aromatic rings. The maximum absolute atomic E-state index is 12.6. The molecule has 0 radical (unpaired) electrons. The molecule has 1 saturated heterocycles. The molecule has 22 heavy (non-hydrogen) atoms. The van der Waals surface area contributed by atoms with Crippen LogP contribution in [0.5, 0.6) is 0 Å². The number of likely N-dealkylation sites (tertiary alicyclic amines) is 1. The minimum atomic E-state index is -0.211. The highest BCUT2D eigenvalue weighted by atomic mass is 16.2. The Morgan fingerprint density at radius 3 is 2.95 bits per heavy atom. The van der Waals surface area contributed by atoms with E-state index in [1.165, 1.54) is 13.1 Å². The number of aromatic amines is 1. The van der Waals surface area contributed by atoms with E-state index in [2.05, 4.69) is 20.5 Å². The quantitative estimate of drug-likeness (QED) is 0.896. The zero-order valence-electron chi connectivity index (χ0n) is 12.2. The van der Waals surface area contributed by atoms with Gasteiger partial charge in [-0.3, -0.25) is 14.7 Å². The van der Waals surface area contributed by atoms with Gasteiger partial charge in [0.15, 0.2) is 0 Å². The molecule has 0 aromatic carbocycles. The van der Waals surface area contributed by atoms with E-state index < -0.39 is 0 Å². The molecule has 0 aliphatic carbocycles. The van der Waals surface area contributed by atoms with Crippen molar-refractivity contribution in [3.63, 3.8) is 0 Å². The lowest BCUT2D eigenvalue weighted by molar-refractivity contribution is -0.114. The molecule has 0 unspecified atom stereocenters. The van der Waals surface area contributed by atoms with Crippen LogP contribution < -0.4 is 5.32 Å². The Bertz CT molecular complexity index is 683. The number of pyridine rings is 1. The van der Waals surface area contributed by atoms with Crippen molar-refractivity contribution >= 4 is 17.6 Å². The highest BCUT2D eigenvalue weighted by Gasteiger charge is 2.28. The number of anilines is 1. The number of nitrogens with zero attached hydrogens (tertiary/aromatic N) is 3. The lowest BCUT2D eigenvalue weighted by Gasteiger charge is -2.16. The molecule has 2 amide bonds. The second kappa shape index (κ2) is 5.97. The van der Waals surface area contributed by atoms with Gasteiger partial charge in [-0.2, -0.15) is 5.10 Å². The SMILES string of the molecule is CC(=O)Nc1cc(C(=O)N2CC[C@H](c3ccn[nH]3)C2)ccn1. The van der Waals surface area contributed by atoms with Crippen LogP contribution in [0, 0.1) is 0 Å². The Hall–Kier alpha value is -2.70. The monoisotopic (exact) mass is 299 g/mol. The summed E-state index contributed by atoms with van der Waals surface area (Å²) in [6, 6.07) is 5.21. The smallest absolute Gasteiger partial charge is 0.254 e. The van der Waals surface area contributed by atoms with Crippen LogP contribution >= 0.6 is 0 Å². The Kier molecular flexibility index (Phi) is 3.86. The minimum absolute atomic E-state index is 0.0454. The van der Waals surface area contributed by atoms with E-state index in [0.717, 1.165) is 12.1 Å². The summed E-state index contributed by atoms with van der Waals surface area (Å²) in [5.41, 5.74) is 1.59. The highest BCUT2D eigenvalue weighted by molar-refractivity contribution is 5.96. The second-order valence-corrected chi connectivity index (χ2v) is 5.36. The summed E-state index contributed by atoms with van der Waals surface area (Å²) in [6.07, 6.45) is 4.17. The predicted octanol–water partition coefficient (Wildman–Crippen LogP) is 1.39. The summed E-state index contributed by atoms with van der Waals surface area (Å²) in [4.78, 5) is 29.5. The summed E-state index contributed by atoms with van der Waals surface area (Å²) in [5.74, 6) is 0.430. The maximum atomic E-state index is 12.6. The summed E-state index contributed by atoms with van der Waals surface area (Å²) < 4.78 is 0. The molecule has 7 nitrogen and oxygen atoms in total. The van der Waals surface area contributed by atoms with E-state index in [0.29, 0.717) is 30.4 Å². The van der Waals surface area contributed by atoms with Crippen LogP contribution in [0.4, 0.5) is 5.82 Å². The summed E-state index contributed by atoms with van der Waals surface area (Å²) in [7, 11) is 0. The van der Waals surface area contributed by atoms with Crippen molar-refractivity contribution < 1.29 is 9.59 Å². The lowest BCUT2D eigenvalue weighted by atomic mass is 10.1. The van der Waals surface area contributed by atoms with Gasteiger partial charge in [0.1, 0.15) is 5.82 Å². The largest absolute Gasteiger partial charge is 0.338 e. The zero-order chi connectivity index (χ0) is 15.5. The molecule has 3 heterocycles. The summed E-state index contributed by atoms with van der Waals surface area (Å²) in [6.45, 7) is 2.78. The molecule has 0 spiro atoms. The number of hydrogen-bond donors (Lipinski definition) is 2. The van der Waals surface area contributed by atoms with E-state index in [-0.39, 0.29) is 11.8 Å². The fourth-order valence-corrected chi connectivity index (χ4v) is 2.69. The third-order valence-corrected chi connectivity index (χ3v) is 3.75. The van der Waals surface area contributed by atoms with E-state index in [1.54, 1.807) is 18.3 Å². The second-order valence-electron chi connectivity index (χ2n) is 5.36. The molecule has 114 valence electrons. The number of nitrogens with one attached hydrogen (secondary N) is 2. The summed E-state index contributed by atoms with van der Waals surface area (Å²) in [5, 5.41) is 9.51. The number of amides is 2. The Labute approximate surface area is 127 Å². The predicted molar refractivity (Wildman–Crippen MR) is 80.4 cm³/mol. The first kappa shape index (κ1) is 14.2. The van der Waals surface area contributed by atoms with E-state index in [9.17, 15) is 9.59 Å². The molecule has 7 heteroatoms. The topological polar surface area (TPSA) is 91.0 Å². The summed E-state index contributed by atoms with van der Waals surface area (Å²) >= 11 is 0. The van der Waals surface area contributed by atoms with Crippen molar-refractivity contribution in [2.24, 2.45) is 0 Å². The van der Waals surface area contributed by atoms with Crippen LogP contribution in [0.15, 0.2) is 30.6 Å². The Morgan fingerprint density at radius 1 is 1.36 bits per heavy atom. The normalized spacial score (nSPS) is 17.5. The van der Waals surface area contributed by atoms with Gasteiger partial charge in [-0.25, -0.2) is 4.98 Å². The van der Waals surface area contributed by atoms with Crippen molar-refractivity contribution in [2.75, 3.05) is 18.4 Å². The number of hydrogen-bond acceptors (Lipinski definition) is 4. The number of aromatic nitrogens is 3. The number of carbonyl (C=O) groups is 2. The zero-order valence-corrected chi connectivity index (χ0v) is 12.2. The molecular weight excluding hydrogens is 282 g/mol. The number of H-pyrrole nitrogens is 1. The minimum Gasteiger partial charge on any atom is -0.338 e. The molecule has 2 aromatic heterocycles.